The Balaban J connectivity index is 2.16. The molecule has 1 aromatic heterocycles. The standard InChI is InChI=1S/C19H27N3O7S4/c1-4-22(32(25,26)15-8-6-14(2)7-9-15)17-13-21(10-5-11-29-3)33(27,28)19-16(17)12-18(30-19)31(20,23)24/h6-9,12,17H,4-5,10-11,13H2,1-3H3,(H2,20,23,24). The van der Waals surface area contributed by atoms with Crippen molar-refractivity contribution in [2.75, 3.05) is 33.4 Å². The molecular formula is C19H27N3O7S4. The molecule has 2 N–H and O–H groups in total. The molecule has 0 saturated carbocycles. The Morgan fingerprint density at radius 1 is 1.21 bits per heavy atom. The largest absolute Gasteiger partial charge is 0.385 e. The third-order valence-electron chi connectivity index (χ3n) is 5.34. The first-order valence-electron chi connectivity index (χ1n) is 10.1. The second-order valence-electron chi connectivity index (χ2n) is 7.60. The molecule has 1 unspecified atom stereocenters. The molecule has 2 aromatic rings. The van der Waals surface area contributed by atoms with E-state index in [1.54, 1.807) is 19.1 Å². The summed E-state index contributed by atoms with van der Waals surface area (Å²) in [7, 11) is -10.7. The van der Waals surface area contributed by atoms with E-state index in [4.69, 9.17) is 9.88 Å². The van der Waals surface area contributed by atoms with Gasteiger partial charge < -0.3 is 4.74 Å². The molecule has 0 fully saturated rings. The minimum atomic E-state index is -4.19. The highest BCUT2D eigenvalue weighted by atomic mass is 32.3. The molecule has 0 amide bonds. The zero-order valence-corrected chi connectivity index (χ0v) is 21.7. The van der Waals surface area contributed by atoms with Crippen LogP contribution in [0.2, 0.25) is 0 Å². The maximum atomic E-state index is 13.5. The van der Waals surface area contributed by atoms with Crippen molar-refractivity contribution < 1.29 is 30.0 Å². The van der Waals surface area contributed by atoms with Gasteiger partial charge in [-0.3, -0.25) is 0 Å². The lowest BCUT2D eigenvalue weighted by molar-refractivity contribution is 0.181. The van der Waals surface area contributed by atoms with Gasteiger partial charge in [-0.25, -0.2) is 30.4 Å². The summed E-state index contributed by atoms with van der Waals surface area (Å²) in [6, 6.07) is 6.60. The molecule has 10 nitrogen and oxygen atoms in total. The molecule has 0 aliphatic carbocycles. The van der Waals surface area contributed by atoms with E-state index in [0.29, 0.717) is 24.4 Å². The third-order valence-corrected chi connectivity index (χ3v) is 12.3. The maximum absolute atomic E-state index is 13.5. The van der Waals surface area contributed by atoms with Crippen LogP contribution in [0.15, 0.2) is 43.6 Å². The summed E-state index contributed by atoms with van der Waals surface area (Å²) in [6.07, 6.45) is 0.391. The second-order valence-corrected chi connectivity index (χ2v) is 14.5. The fourth-order valence-electron chi connectivity index (χ4n) is 3.69. The van der Waals surface area contributed by atoms with Crippen LogP contribution in [-0.4, -0.2) is 67.2 Å². The summed E-state index contributed by atoms with van der Waals surface area (Å²) >= 11 is 0.537. The van der Waals surface area contributed by atoms with Crippen molar-refractivity contribution in [2.24, 2.45) is 5.14 Å². The number of nitrogens with zero attached hydrogens (tertiary/aromatic N) is 2. The van der Waals surface area contributed by atoms with Crippen molar-refractivity contribution in [3.05, 3.63) is 41.5 Å². The van der Waals surface area contributed by atoms with E-state index in [1.165, 1.54) is 33.9 Å². The van der Waals surface area contributed by atoms with E-state index in [9.17, 15) is 25.3 Å². The van der Waals surface area contributed by atoms with Crippen LogP contribution in [0.25, 0.3) is 0 Å². The first-order chi connectivity index (χ1) is 15.3. The van der Waals surface area contributed by atoms with Gasteiger partial charge in [0.2, 0.25) is 20.0 Å². The average molecular weight is 538 g/mol. The molecule has 1 aromatic carbocycles. The quantitative estimate of drug-likeness (QED) is 0.477. The number of ether oxygens (including phenoxy) is 1. The van der Waals surface area contributed by atoms with Crippen molar-refractivity contribution in [1.82, 2.24) is 8.61 Å². The topological polar surface area (TPSA) is 144 Å². The number of aryl methyl sites for hydroxylation is 1. The Bertz CT molecular complexity index is 1320. The lowest BCUT2D eigenvalue weighted by Gasteiger charge is -2.37. The number of methoxy groups -OCH3 is 1. The highest BCUT2D eigenvalue weighted by molar-refractivity contribution is 7.94. The number of sulfonamides is 3. The summed E-state index contributed by atoms with van der Waals surface area (Å²) in [5.41, 5.74) is 1.01. The van der Waals surface area contributed by atoms with Crippen LogP contribution in [0.4, 0.5) is 0 Å². The molecule has 3 rings (SSSR count). The molecule has 2 heterocycles. The van der Waals surface area contributed by atoms with Crippen molar-refractivity contribution in [2.45, 2.75) is 39.6 Å². The lowest BCUT2D eigenvalue weighted by Crippen LogP contribution is -2.47. The number of nitrogens with two attached hydrogens (primary N) is 1. The maximum Gasteiger partial charge on any atom is 0.253 e. The number of hydrogen-bond acceptors (Lipinski definition) is 8. The van der Waals surface area contributed by atoms with Crippen LogP contribution in [0, 0.1) is 6.92 Å². The van der Waals surface area contributed by atoms with E-state index >= 15 is 0 Å². The minimum absolute atomic E-state index is 0.0484. The Morgan fingerprint density at radius 2 is 1.85 bits per heavy atom. The Labute approximate surface area is 199 Å². The minimum Gasteiger partial charge on any atom is -0.385 e. The smallest absolute Gasteiger partial charge is 0.253 e. The van der Waals surface area contributed by atoms with Crippen molar-refractivity contribution in [3.63, 3.8) is 0 Å². The van der Waals surface area contributed by atoms with Crippen molar-refractivity contribution >= 4 is 41.4 Å². The second kappa shape index (κ2) is 9.70. The molecule has 184 valence electrons. The number of rotatable bonds is 9. The first-order valence-corrected chi connectivity index (χ1v) is 15.3. The van der Waals surface area contributed by atoms with Gasteiger partial charge in [0, 0.05) is 38.9 Å². The van der Waals surface area contributed by atoms with E-state index in [1.807, 2.05) is 6.92 Å². The van der Waals surface area contributed by atoms with Gasteiger partial charge in [-0.2, -0.15) is 8.61 Å². The molecule has 0 saturated heterocycles. The molecule has 1 atom stereocenters. The SMILES string of the molecule is CCN(C1CN(CCCOC)S(=O)(=O)c2sc(S(N)(=O)=O)cc21)S(=O)(=O)c1ccc(C)cc1. The molecule has 0 spiro atoms. The van der Waals surface area contributed by atoms with Gasteiger partial charge in [-0.1, -0.05) is 24.6 Å². The summed E-state index contributed by atoms with van der Waals surface area (Å²) in [5, 5.41) is 5.26. The van der Waals surface area contributed by atoms with Gasteiger partial charge in [0.1, 0.15) is 8.42 Å². The summed E-state index contributed by atoms with van der Waals surface area (Å²) in [4.78, 5) is 0.0674. The Morgan fingerprint density at radius 3 is 2.39 bits per heavy atom. The molecule has 1 aliphatic heterocycles. The summed E-state index contributed by atoms with van der Waals surface area (Å²) in [5.74, 6) is 0. The van der Waals surface area contributed by atoms with Crippen LogP contribution in [0.5, 0.6) is 0 Å². The number of primary sulfonamides is 1. The van der Waals surface area contributed by atoms with Crippen LogP contribution in [-0.2, 0) is 34.8 Å². The Hall–Kier alpha value is -1.39. The predicted molar refractivity (Wildman–Crippen MR) is 124 cm³/mol. The van der Waals surface area contributed by atoms with Crippen molar-refractivity contribution in [1.29, 1.82) is 0 Å². The van der Waals surface area contributed by atoms with Crippen LogP contribution < -0.4 is 5.14 Å². The molecule has 0 radical (unpaired) electrons. The zero-order chi connectivity index (χ0) is 24.6. The normalized spacial score (nSPS) is 19.0. The molecule has 14 heteroatoms. The fourth-order valence-corrected chi connectivity index (χ4v) is 9.59. The van der Waals surface area contributed by atoms with E-state index < -0.39 is 36.1 Å². The van der Waals surface area contributed by atoms with E-state index in [0.717, 1.165) is 5.56 Å². The number of hydrogen-bond donors (Lipinski definition) is 1. The Kier molecular flexibility index (Phi) is 7.70. The third kappa shape index (κ3) is 5.17. The number of benzene rings is 1. The average Bonchev–Trinajstić information content (AvgIpc) is 3.19. The fraction of sp³-hybridized carbons (Fsp3) is 0.474. The van der Waals surface area contributed by atoms with E-state index in [-0.39, 0.29) is 38.5 Å². The van der Waals surface area contributed by atoms with Gasteiger partial charge in [-0.15, -0.1) is 11.3 Å². The highest BCUT2D eigenvalue weighted by Crippen LogP contribution is 2.43. The van der Waals surface area contributed by atoms with Gasteiger partial charge in [0.15, 0.2) is 0 Å². The van der Waals surface area contributed by atoms with Gasteiger partial charge in [-0.05, 0) is 31.5 Å². The summed E-state index contributed by atoms with van der Waals surface area (Å²) < 4.78 is 84.3. The number of thiophene rings is 1. The van der Waals surface area contributed by atoms with Gasteiger partial charge in [0.25, 0.3) is 10.0 Å². The van der Waals surface area contributed by atoms with Gasteiger partial charge in [0.05, 0.1) is 10.9 Å². The number of fused-ring (bicyclic) bond motifs is 1. The van der Waals surface area contributed by atoms with Crippen molar-refractivity contribution in [3.8, 4) is 0 Å². The predicted octanol–water partition coefficient (Wildman–Crippen LogP) is 1.50. The summed E-state index contributed by atoms with van der Waals surface area (Å²) in [6.45, 7) is 3.79. The molecule has 0 bridgehead atoms. The van der Waals surface area contributed by atoms with Crippen LogP contribution in [0.1, 0.15) is 30.5 Å². The first kappa shape index (κ1) is 26.2. The van der Waals surface area contributed by atoms with E-state index in [2.05, 4.69) is 0 Å². The molecule has 1 aliphatic rings. The number of likely N-dealkylation sites (N-methyl/N-ethyl adjacent to an activating group) is 1. The van der Waals surface area contributed by atoms with Crippen LogP contribution in [0.3, 0.4) is 0 Å². The molecular weight excluding hydrogens is 510 g/mol. The van der Waals surface area contributed by atoms with Crippen LogP contribution >= 0.6 is 11.3 Å². The van der Waals surface area contributed by atoms with Gasteiger partial charge >= 0.3 is 0 Å². The monoisotopic (exact) mass is 537 g/mol. The zero-order valence-electron chi connectivity index (χ0n) is 18.5. The molecule has 33 heavy (non-hydrogen) atoms. The lowest BCUT2D eigenvalue weighted by atomic mass is 10.1. The highest BCUT2D eigenvalue weighted by Gasteiger charge is 2.44.